The standard InChI is InChI=1S/C24H25N3O4/c28-22(14-21-13-19-3-1-2-4-20(19)15-25-21)16-26-23(29)17-5-7-18(8-6-17)24(30)27-9-11-31-12-10-27/h1-8,13,15,22,28H,9-12,14,16H2,(H,26,29). The molecule has 0 bridgehead atoms. The fourth-order valence-corrected chi connectivity index (χ4v) is 3.58. The number of carbonyl (C=O) groups is 2. The van der Waals surface area contributed by atoms with E-state index in [0.717, 1.165) is 16.5 Å². The third-order valence-corrected chi connectivity index (χ3v) is 5.32. The minimum atomic E-state index is -0.750. The number of ether oxygens (including phenoxy) is 1. The Morgan fingerprint density at radius 2 is 1.71 bits per heavy atom. The maximum absolute atomic E-state index is 12.5. The summed E-state index contributed by atoms with van der Waals surface area (Å²) >= 11 is 0. The van der Waals surface area contributed by atoms with E-state index in [9.17, 15) is 14.7 Å². The van der Waals surface area contributed by atoms with Crippen molar-refractivity contribution < 1.29 is 19.4 Å². The number of nitrogens with one attached hydrogen (secondary N) is 1. The largest absolute Gasteiger partial charge is 0.391 e. The lowest BCUT2D eigenvalue weighted by Gasteiger charge is -2.26. The number of carbonyl (C=O) groups excluding carboxylic acids is 2. The van der Waals surface area contributed by atoms with Crippen LogP contribution in [0.25, 0.3) is 10.8 Å². The number of morpholine rings is 1. The van der Waals surface area contributed by atoms with Crippen LogP contribution < -0.4 is 5.32 Å². The van der Waals surface area contributed by atoms with E-state index in [2.05, 4.69) is 10.3 Å². The molecule has 2 N–H and O–H groups in total. The SMILES string of the molecule is O=C(NCC(O)Cc1cc2ccccc2cn1)c1ccc(C(=O)N2CCOCC2)cc1. The van der Waals surface area contributed by atoms with E-state index in [1.807, 2.05) is 30.3 Å². The van der Waals surface area contributed by atoms with Gasteiger partial charge in [0.15, 0.2) is 0 Å². The molecule has 4 rings (SSSR count). The van der Waals surface area contributed by atoms with Gasteiger partial charge < -0.3 is 20.1 Å². The van der Waals surface area contributed by atoms with Crippen molar-refractivity contribution in [3.63, 3.8) is 0 Å². The number of amides is 2. The van der Waals surface area contributed by atoms with Crippen LogP contribution in [0.4, 0.5) is 0 Å². The quantitative estimate of drug-likeness (QED) is 0.638. The summed E-state index contributed by atoms with van der Waals surface area (Å²) in [7, 11) is 0. The molecule has 1 fully saturated rings. The smallest absolute Gasteiger partial charge is 0.254 e. The van der Waals surface area contributed by atoms with Crippen molar-refractivity contribution in [3.8, 4) is 0 Å². The second kappa shape index (κ2) is 9.68. The van der Waals surface area contributed by atoms with Gasteiger partial charge in [-0.05, 0) is 35.7 Å². The van der Waals surface area contributed by atoms with Crippen LogP contribution in [0, 0.1) is 0 Å². The summed E-state index contributed by atoms with van der Waals surface area (Å²) in [5.41, 5.74) is 1.75. The van der Waals surface area contributed by atoms with Gasteiger partial charge in [0.05, 0.1) is 19.3 Å². The topological polar surface area (TPSA) is 91.8 Å². The number of aliphatic hydroxyl groups is 1. The van der Waals surface area contributed by atoms with Gasteiger partial charge in [-0.1, -0.05) is 24.3 Å². The minimum Gasteiger partial charge on any atom is -0.391 e. The summed E-state index contributed by atoms with van der Waals surface area (Å²) in [6.45, 7) is 2.35. The fraction of sp³-hybridized carbons (Fsp3) is 0.292. The molecule has 7 heteroatoms. The Bertz CT molecular complexity index is 1060. The highest BCUT2D eigenvalue weighted by Crippen LogP contribution is 2.14. The lowest BCUT2D eigenvalue weighted by molar-refractivity contribution is 0.0303. The number of nitrogens with zero attached hydrogens (tertiary/aromatic N) is 2. The van der Waals surface area contributed by atoms with Gasteiger partial charge in [-0.2, -0.15) is 0 Å². The molecule has 1 aromatic heterocycles. The number of fused-ring (bicyclic) bond motifs is 1. The lowest BCUT2D eigenvalue weighted by Crippen LogP contribution is -2.40. The Kier molecular flexibility index (Phi) is 6.54. The minimum absolute atomic E-state index is 0.0615. The number of benzene rings is 2. The van der Waals surface area contributed by atoms with Crippen LogP contribution in [0.2, 0.25) is 0 Å². The highest BCUT2D eigenvalue weighted by Gasteiger charge is 2.19. The molecule has 160 valence electrons. The van der Waals surface area contributed by atoms with Crippen LogP contribution in [0.1, 0.15) is 26.4 Å². The third-order valence-electron chi connectivity index (χ3n) is 5.32. The van der Waals surface area contributed by atoms with Gasteiger partial charge in [-0.15, -0.1) is 0 Å². The molecule has 0 saturated carbocycles. The summed E-state index contributed by atoms with van der Waals surface area (Å²) in [5, 5.41) is 15.2. The molecule has 1 aliphatic heterocycles. The second-order valence-corrected chi connectivity index (χ2v) is 7.57. The lowest BCUT2D eigenvalue weighted by atomic mass is 10.1. The molecule has 1 saturated heterocycles. The Morgan fingerprint density at radius 3 is 2.45 bits per heavy atom. The van der Waals surface area contributed by atoms with Crippen LogP contribution in [0.3, 0.4) is 0 Å². The first-order valence-corrected chi connectivity index (χ1v) is 10.4. The van der Waals surface area contributed by atoms with Crippen molar-refractivity contribution in [2.45, 2.75) is 12.5 Å². The predicted octanol–water partition coefficient (Wildman–Crippen LogP) is 2.04. The van der Waals surface area contributed by atoms with Crippen molar-refractivity contribution in [3.05, 3.63) is 77.6 Å². The highest BCUT2D eigenvalue weighted by atomic mass is 16.5. The zero-order valence-corrected chi connectivity index (χ0v) is 17.2. The predicted molar refractivity (Wildman–Crippen MR) is 117 cm³/mol. The Labute approximate surface area is 180 Å². The Morgan fingerprint density at radius 1 is 1.03 bits per heavy atom. The van der Waals surface area contributed by atoms with E-state index in [4.69, 9.17) is 4.74 Å². The molecule has 1 unspecified atom stereocenters. The van der Waals surface area contributed by atoms with Crippen LogP contribution in [-0.2, 0) is 11.2 Å². The molecule has 2 aromatic carbocycles. The van der Waals surface area contributed by atoms with Gasteiger partial charge in [0.1, 0.15) is 0 Å². The maximum atomic E-state index is 12.5. The highest BCUT2D eigenvalue weighted by molar-refractivity contribution is 5.97. The fourth-order valence-electron chi connectivity index (χ4n) is 3.58. The Hall–Kier alpha value is -3.29. The second-order valence-electron chi connectivity index (χ2n) is 7.57. The number of hydrogen-bond acceptors (Lipinski definition) is 5. The molecule has 0 aliphatic carbocycles. The number of hydrogen-bond donors (Lipinski definition) is 2. The first kappa shape index (κ1) is 21.0. The normalized spacial score (nSPS) is 14.9. The van der Waals surface area contributed by atoms with Crippen LogP contribution in [-0.4, -0.2) is 65.8 Å². The molecule has 0 spiro atoms. The van der Waals surface area contributed by atoms with Gasteiger partial charge in [0.25, 0.3) is 11.8 Å². The summed E-state index contributed by atoms with van der Waals surface area (Å²) in [6.07, 6.45) is 1.38. The van der Waals surface area contributed by atoms with E-state index in [-0.39, 0.29) is 18.4 Å². The summed E-state index contributed by atoms with van der Waals surface area (Å²) in [6, 6.07) is 16.4. The van der Waals surface area contributed by atoms with Crippen LogP contribution >= 0.6 is 0 Å². The molecule has 0 radical (unpaired) electrons. The molecule has 31 heavy (non-hydrogen) atoms. The number of rotatable bonds is 6. The third kappa shape index (κ3) is 5.25. The van der Waals surface area contributed by atoms with E-state index in [1.165, 1.54) is 0 Å². The molecule has 1 atom stereocenters. The average Bonchev–Trinajstić information content (AvgIpc) is 2.82. The van der Waals surface area contributed by atoms with Crippen molar-refractivity contribution in [1.82, 2.24) is 15.2 Å². The van der Waals surface area contributed by atoms with Crippen LogP contribution in [0.15, 0.2) is 60.8 Å². The van der Waals surface area contributed by atoms with Gasteiger partial charge in [0.2, 0.25) is 0 Å². The van der Waals surface area contributed by atoms with Crippen molar-refractivity contribution in [1.29, 1.82) is 0 Å². The molecule has 7 nitrogen and oxygen atoms in total. The van der Waals surface area contributed by atoms with Gasteiger partial charge >= 0.3 is 0 Å². The van der Waals surface area contributed by atoms with Gasteiger partial charge in [0, 0.05) is 54.5 Å². The van der Waals surface area contributed by atoms with Crippen LogP contribution in [0.5, 0.6) is 0 Å². The summed E-state index contributed by atoms with van der Waals surface area (Å²) in [5.74, 6) is -0.357. The van der Waals surface area contributed by atoms with Gasteiger partial charge in [-0.25, -0.2) is 0 Å². The van der Waals surface area contributed by atoms with E-state index >= 15 is 0 Å². The van der Waals surface area contributed by atoms with E-state index in [0.29, 0.717) is 43.9 Å². The maximum Gasteiger partial charge on any atom is 0.254 e. The first-order chi connectivity index (χ1) is 15.1. The molecule has 2 heterocycles. The average molecular weight is 419 g/mol. The number of aromatic nitrogens is 1. The zero-order chi connectivity index (χ0) is 21.6. The monoisotopic (exact) mass is 419 g/mol. The van der Waals surface area contributed by atoms with E-state index < -0.39 is 6.10 Å². The van der Waals surface area contributed by atoms with Crippen molar-refractivity contribution in [2.75, 3.05) is 32.8 Å². The van der Waals surface area contributed by atoms with Crippen molar-refractivity contribution in [2.24, 2.45) is 0 Å². The van der Waals surface area contributed by atoms with E-state index in [1.54, 1.807) is 35.4 Å². The summed E-state index contributed by atoms with van der Waals surface area (Å²) in [4.78, 5) is 31.0. The molecular formula is C24H25N3O4. The summed E-state index contributed by atoms with van der Waals surface area (Å²) < 4.78 is 5.27. The number of pyridine rings is 1. The van der Waals surface area contributed by atoms with Gasteiger partial charge in [-0.3, -0.25) is 14.6 Å². The molecule has 2 amide bonds. The zero-order valence-electron chi connectivity index (χ0n) is 17.2. The van der Waals surface area contributed by atoms with Crippen molar-refractivity contribution >= 4 is 22.6 Å². The molecule has 3 aromatic rings. The Balaban J connectivity index is 1.29. The number of aliphatic hydroxyl groups excluding tert-OH is 1. The molecular weight excluding hydrogens is 394 g/mol. The first-order valence-electron chi connectivity index (χ1n) is 10.4. The molecule has 1 aliphatic rings.